The fourth-order valence-electron chi connectivity index (χ4n) is 2.07. The first-order valence-electron chi connectivity index (χ1n) is 6.76. The highest BCUT2D eigenvalue weighted by molar-refractivity contribution is 7.89. The Morgan fingerprint density at radius 3 is 2.30 bits per heavy atom. The van der Waals surface area contributed by atoms with Crippen LogP contribution in [0.3, 0.4) is 0 Å². The fraction of sp³-hybridized carbons (Fsp3) is 0.600. The Hall–Kier alpha value is -1.07. The molecule has 5 heteroatoms. The molecule has 0 aliphatic rings. The van der Waals surface area contributed by atoms with Gasteiger partial charge in [-0.1, -0.05) is 38.5 Å². The van der Waals surface area contributed by atoms with Gasteiger partial charge in [0.2, 0.25) is 10.0 Å². The van der Waals surface area contributed by atoms with E-state index in [2.05, 4.69) is 31.6 Å². The fourth-order valence-corrected chi connectivity index (χ4v) is 2.65. The van der Waals surface area contributed by atoms with Gasteiger partial charge in [0.15, 0.2) is 0 Å². The van der Waals surface area contributed by atoms with Crippen molar-refractivity contribution in [2.45, 2.75) is 46.6 Å². The topological polar surface area (TPSA) is 55.4 Å². The normalized spacial score (nSPS) is 12.5. The minimum Gasteiger partial charge on any atom is -0.496 e. The molecule has 1 aromatic rings. The summed E-state index contributed by atoms with van der Waals surface area (Å²) in [5, 5.41) is 0. The van der Waals surface area contributed by atoms with E-state index >= 15 is 0 Å². The number of nitrogens with one attached hydrogen (secondary N) is 1. The lowest BCUT2D eigenvalue weighted by atomic mass is 9.84. The van der Waals surface area contributed by atoms with Crippen molar-refractivity contribution < 1.29 is 13.2 Å². The van der Waals surface area contributed by atoms with Gasteiger partial charge >= 0.3 is 0 Å². The van der Waals surface area contributed by atoms with Crippen LogP contribution in [0, 0.1) is 6.92 Å². The number of ether oxygens (including phenoxy) is 1. The lowest BCUT2D eigenvalue weighted by molar-refractivity contribution is 0.392. The summed E-state index contributed by atoms with van der Waals surface area (Å²) in [6, 6.07) is 4.06. The van der Waals surface area contributed by atoms with Crippen molar-refractivity contribution in [1.29, 1.82) is 0 Å². The van der Waals surface area contributed by atoms with Crippen LogP contribution in [-0.4, -0.2) is 21.3 Å². The minimum absolute atomic E-state index is 0.0598. The van der Waals surface area contributed by atoms with Gasteiger partial charge in [0.05, 0.1) is 12.9 Å². The summed E-state index contributed by atoms with van der Waals surface area (Å²) < 4.78 is 31.3. The second-order valence-corrected chi connectivity index (χ2v) is 8.07. The zero-order valence-electron chi connectivity index (χ0n) is 13.2. The smallest absolute Gasteiger partial charge is 0.211 e. The molecule has 1 aromatic carbocycles. The zero-order chi connectivity index (χ0) is 15.6. The summed E-state index contributed by atoms with van der Waals surface area (Å²) in [5.41, 5.74) is 3.00. The van der Waals surface area contributed by atoms with E-state index in [-0.39, 0.29) is 17.7 Å². The highest BCUT2D eigenvalue weighted by Crippen LogP contribution is 2.35. The third kappa shape index (κ3) is 4.21. The van der Waals surface area contributed by atoms with Crippen molar-refractivity contribution in [3.63, 3.8) is 0 Å². The molecule has 4 nitrogen and oxygen atoms in total. The van der Waals surface area contributed by atoms with Gasteiger partial charge in [-0.2, -0.15) is 0 Å². The molecule has 1 N–H and O–H groups in total. The maximum absolute atomic E-state index is 11.6. The van der Waals surface area contributed by atoms with Crippen LogP contribution in [0.25, 0.3) is 0 Å². The molecule has 0 amide bonds. The highest BCUT2D eigenvalue weighted by Gasteiger charge is 2.22. The predicted octanol–water partition coefficient (Wildman–Crippen LogP) is 2.74. The largest absolute Gasteiger partial charge is 0.496 e. The molecule has 0 unspecified atom stereocenters. The number of hydrogen-bond acceptors (Lipinski definition) is 3. The average Bonchev–Trinajstić information content (AvgIpc) is 2.34. The number of benzene rings is 1. The Balaban J connectivity index is 3.23. The molecule has 0 atom stereocenters. The van der Waals surface area contributed by atoms with E-state index in [4.69, 9.17) is 4.74 Å². The van der Waals surface area contributed by atoms with E-state index in [0.717, 1.165) is 22.4 Å². The summed E-state index contributed by atoms with van der Waals surface area (Å²) in [6.45, 7) is 10.2. The van der Waals surface area contributed by atoms with Crippen LogP contribution in [0.4, 0.5) is 0 Å². The number of rotatable bonds is 5. The molecule has 0 aromatic heterocycles. The Morgan fingerprint density at radius 1 is 1.25 bits per heavy atom. The second kappa shape index (κ2) is 6.14. The molecule has 0 fully saturated rings. The molecule has 0 bridgehead atoms. The van der Waals surface area contributed by atoms with Crippen LogP contribution < -0.4 is 9.46 Å². The van der Waals surface area contributed by atoms with Gasteiger partial charge in [0.1, 0.15) is 5.75 Å². The first kappa shape index (κ1) is 17.0. The van der Waals surface area contributed by atoms with Gasteiger partial charge < -0.3 is 4.74 Å². The summed E-state index contributed by atoms with van der Waals surface area (Å²) in [7, 11) is -1.59. The number of methoxy groups -OCH3 is 1. The summed E-state index contributed by atoms with van der Waals surface area (Å²) in [6.07, 6.45) is 0. The molecular formula is C15H25NO3S. The van der Waals surface area contributed by atoms with E-state index in [0.29, 0.717) is 0 Å². The maximum atomic E-state index is 11.6. The molecule has 114 valence electrons. The van der Waals surface area contributed by atoms with E-state index in [1.54, 1.807) is 14.0 Å². The Labute approximate surface area is 122 Å². The molecule has 0 aliphatic carbocycles. The van der Waals surface area contributed by atoms with Gasteiger partial charge in [0, 0.05) is 17.7 Å². The van der Waals surface area contributed by atoms with E-state index in [1.165, 1.54) is 0 Å². The van der Waals surface area contributed by atoms with Crippen molar-refractivity contribution in [3.8, 4) is 5.75 Å². The van der Waals surface area contributed by atoms with Crippen LogP contribution >= 0.6 is 0 Å². The number of hydrogen-bond donors (Lipinski definition) is 1. The molecule has 0 saturated carbocycles. The van der Waals surface area contributed by atoms with Crippen LogP contribution in [0.1, 0.15) is 44.4 Å². The molecule has 0 aliphatic heterocycles. The summed E-state index contributed by atoms with van der Waals surface area (Å²) in [4.78, 5) is 0. The quantitative estimate of drug-likeness (QED) is 0.909. The minimum atomic E-state index is -3.21. The first-order valence-corrected chi connectivity index (χ1v) is 8.41. The van der Waals surface area contributed by atoms with Crippen molar-refractivity contribution >= 4 is 10.0 Å². The Bertz CT molecular complexity index is 572. The Kier molecular flexibility index (Phi) is 5.21. The predicted molar refractivity (Wildman–Crippen MR) is 82.7 cm³/mol. The summed E-state index contributed by atoms with van der Waals surface area (Å²) in [5.74, 6) is 0.842. The average molecular weight is 299 g/mol. The van der Waals surface area contributed by atoms with Gasteiger partial charge in [-0.15, -0.1) is 0 Å². The molecule has 0 radical (unpaired) electrons. The zero-order valence-corrected chi connectivity index (χ0v) is 14.0. The molecular weight excluding hydrogens is 274 g/mol. The van der Waals surface area contributed by atoms with Gasteiger partial charge in [-0.05, 0) is 19.3 Å². The van der Waals surface area contributed by atoms with Crippen LogP contribution in [-0.2, 0) is 22.0 Å². The van der Waals surface area contributed by atoms with Gasteiger partial charge in [0.25, 0.3) is 0 Å². The number of sulfonamides is 1. The lowest BCUT2D eigenvalue weighted by Gasteiger charge is -2.25. The highest BCUT2D eigenvalue weighted by atomic mass is 32.2. The summed E-state index contributed by atoms with van der Waals surface area (Å²) >= 11 is 0. The SMILES string of the molecule is CCS(=O)(=O)NCc1cc(C)cc(C(C)(C)C)c1OC. The first-order chi connectivity index (χ1) is 9.10. The van der Waals surface area contributed by atoms with E-state index in [1.807, 2.05) is 13.0 Å². The lowest BCUT2D eigenvalue weighted by Crippen LogP contribution is -2.25. The van der Waals surface area contributed by atoms with Crippen LogP contribution in [0.15, 0.2) is 12.1 Å². The van der Waals surface area contributed by atoms with Gasteiger partial charge in [-0.25, -0.2) is 13.1 Å². The van der Waals surface area contributed by atoms with Crippen molar-refractivity contribution in [2.24, 2.45) is 0 Å². The molecule has 0 saturated heterocycles. The van der Waals surface area contributed by atoms with Crippen molar-refractivity contribution in [1.82, 2.24) is 4.72 Å². The van der Waals surface area contributed by atoms with Crippen molar-refractivity contribution in [3.05, 3.63) is 28.8 Å². The molecule has 0 heterocycles. The molecule has 1 rings (SSSR count). The molecule has 20 heavy (non-hydrogen) atoms. The standard InChI is InChI=1S/C15H25NO3S/c1-7-20(17,18)16-10-12-8-11(2)9-13(14(12)19-6)15(3,4)5/h8-9,16H,7,10H2,1-6H3. The third-order valence-corrected chi connectivity index (χ3v) is 4.53. The monoisotopic (exact) mass is 299 g/mol. The number of aryl methyl sites for hydroxylation is 1. The van der Waals surface area contributed by atoms with Crippen LogP contribution in [0.2, 0.25) is 0 Å². The van der Waals surface area contributed by atoms with E-state index < -0.39 is 10.0 Å². The Morgan fingerprint density at radius 2 is 1.85 bits per heavy atom. The van der Waals surface area contributed by atoms with Crippen LogP contribution in [0.5, 0.6) is 5.75 Å². The van der Waals surface area contributed by atoms with Gasteiger partial charge in [-0.3, -0.25) is 0 Å². The maximum Gasteiger partial charge on any atom is 0.211 e. The third-order valence-electron chi connectivity index (χ3n) is 3.18. The molecule has 0 spiro atoms. The van der Waals surface area contributed by atoms with Crippen molar-refractivity contribution in [2.75, 3.05) is 12.9 Å². The van der Waals surface area contributed by atoms with E-state index in [9.17, 15) is 8.42 Å². The second-order valence-electron chi connectivity index (χ2n) is 5.98.